The molecule has 0 aliphatic carbocycles. The van der Waals surface area contributed by atoms with Gasteiger partial charge in [0.1, 0.15) is 47.9 Å². The Morgan fingerprint density at radius 2 is 0.987 bits per heavy atom. The van der Waals surface area contributed by atoms with Crippen molar-refractivity contribution < 1.29 is 37.3 Å². The van der Waals surface area contributed by atoms with Gasteiger partial charge in [0.15, 0.2) is 0 Å². The van der Waals surface area contributed by atoms with E-state index in [0.717, 1.165) is 36.2 Å². The van der Waals surface area contributed by atoms with Crippen LogP contribution in [-0.2, 0) is 37.8 Å². The van der Waals surface area contributed by atoms with Crippen LogP contribution in [0.4, 0.5) is 24.1 Å². The fourth-order valence-corrected chi connectivity index (χ4v) is 12.3. The number of hydrogen-bond donors (Lipinski definition) is 0. The number of amides is 2. The molecule has 2 aromatic heterocycles. The van der Waals surface area contributed by atoms with Gasteiger partial charge in [-0.3, -0.25) is 9.80 Å². The summed E-state index contributed by atoms with van der Waals surface area (Å²) in [6, 6.07) is 15.4. The average molecular weight is 1070 g/mol. The number of aromatic nitrogens is 4. The number of likely N-dealkylation sites (tertiary alicyclic amines) is 2. The number of anilines is 1. The van der Waals surface area contributed by atoms with Crippen molar-refractivity contribution in [2.45, 2.75) is 206 Å². The summed E-state index contributed by atoms with van der Waals surface area (Å²) >= 11 is 0. The highest BCUT2D eigenvalue weighted by atomic mass is 28.3. The maximum absolute atomic E-state index is 17.4. The highest BCUT2D eigenvalue weighted by molar-refractivity contribution is 6.76. The van der Waals surface area contributed by atoms with Crippen molar-refractivity contribution >= 4 is 56.1 Å². The van der Waals surface area contributed by atoms with Gasteiger partial charge in [-0.1, -0.05) is 72.2 Å². The molecule has 1 unspecified atom stereocenters. The van der Waals surface area contributed by atoms with E-state index < -0.39 is 63.3 Å². The fraction of sp³-hybridized carbons (Fsp3) is 0.621. The third-order valence-electron chi connectivity index (χ3n) is 14.7. The molecule has 0 radical (unpaired) electrons. The van der Waals surface area contributed by atoms with Gasteiger partial charge < -0.3 is 33.0 Å². The van der Waals surface area contributed by atoms with Crippen LogP contribution in [-0.4, -0.2) is 94.7 Å². The van der Waals surface area contributed by atoms with Crippen molar-refractivity contribution in [1.82, 2.24) is 28.9 Å². The predicted molar refractivity (Wildman–Crippen MR) is 300 cm³/mol. The van der Waals surface area contributed by atoms with Gasteiger partial charge in [0.2, 0.25) is 0 Å². The first-order valence-electron chi connectivity index (χ1n) is 27.4. The first-order chi connectivity index (χ1) is 35.0. The lowest BCUT2D eigenvalue weighted by molar-refractivity contribution is 0.0196. The normalized spacial score (nSPS) is 20.1. The summed E-state index contributed by atoms with van der Waals surface area (Å²) in [7, 11) is -2.83. The molecule has 3 aliphatic heterocycles. The van der Waals surface area contributed by atoms with E-state index in [1.54, 1.807) is 21.9 Å². The molecule has 0 bridgehead atoms. The van der Waals surface area contributed by atoms with Crippen LogP contribution >= 0.6 is 0 Å². The molecule has 2 amide bonds. The highest BCUT2D eigenvalue weighted by Crippen LogP contribution is 2.50. The molecule has 410 valence electrons. The fourth-order valence-electron chi connectivity index (χ4n) is 10.8. The number of imidazole rings is 2. The number of fused-ring (bicyclic) bond motifs is 2. The second-order valence-electron chi connectivity index (χ2n) is 26.7. The zero-order chi connectivity index (χ0) is 54.6. The Hall–Kier alpha value is -4.85. The molecule has 3 aliphatic rings. The Labute approximate surface area is 446 Å². The molecule has 3 fully saturated rings. The van der Waals surface area contributed by atoms with Crippen LogP contribution in [0.1, 0.15) is 153 Å². The second-order valence-corrected chi connectivity index (χ2v) is 37.9. The lowest BCUT2D eigenvalue weighted by atomic mass is 9.87. The van der Waals surface area contributed by atoms with Gasteiger partial charge in [0.05, 0.1) is 46.2 Å². The maximum Gasteiger partial charge on any atom is 0.410 e. The zero-order valence-electron chi connectivity index (χ0n) is 47.7. The van der Waals surface area contributed by atoms with Gasteiger partial charge in [0.25, 0.3) is 0 Å². The Balaban J connectivity index is 1.21. The van der Waals surface area contributed by atoms with Crippen molar-refractivity contribution in [2.75, 3.05) is 31.2 Å². The lowest BCUT2D eigenvalue weighted by Crippen LogP contribution is -2.37. The van der Waals surface area contributed by atoms with Gasteiger partial charge in [-0.05, 0) is 127 Å². The van der Waals surface area contributed by atoms with E-state index in [4.69, 9.17) is 28.9 Å². The van der Waals surface area contributed by atoms with E-state index in [2.05, 4.69) is 89.2 Å². The van der Waals surface area contributed by atoms with Crippen LogP contribution in [0.3, 0.4) is 0 Å². The molecule has 0 spiro atoms. The molecular weight excluding hydrogens is 985 g/mol. The van der Waals surface area contributed by atoms with Crippen molar-refractivity contribution in [3.63, 3.8) is 0 Å². The summed E-state index contributed by atoms with van der Waals surface area (Å²) in [6.45, 7) is 34.0. The third-order valence-corrected chi connectivity index (χ3v) is 18.1. The maximum atomic E-state index is 17.4. The Kier molecular flexibility index (Phi) is 16.2. The minimum atomic E-state index is -1.41. The Morgan fingerprint density at radius 1 is 0.587 bits per heavy atom. The number of carbonyl (C=O) groups is 2. The summed E-state index contributed by atoms with van der Waals surface area (Å²) in [5, 5.41) is 0. The number of ether oxygens (including phenoxy) is 4. The molecule has 3 saturated heterocycles. The van der Waals surface area contributed by atoms with Gasteiger partial charge in [0, 0.05) is 71.4 Å². The van der Waals surface area contributed by atoms with Crippen LogP contribution in [0.15, 0.2) is 48.5 Å². The quantitative estimate of drug-likeness (QED) is 0.0746. The lowest BCUT2D eigenvalue weighted by Gasteiger charge is -2.34. The van der Waals surface area contributed by atoms with Crippen LogP contribution in [0.5, 0.6) is 0 Å². The van der Waals surface area contributed by atoms with Crippen LogP contribution in [0.2, 0.25) is 51.4 Å². The molecule has 4 atom stereocenters. The predicted octanol–water partition coefficient (Wildman–Crippen LogP) is 14.8. The summed E-state index contributed by atoms with van der Waals surface area (Å²) in [4.78, 5) is 43.5. The van der Waals surface area contributed by atoms with E-state index in [-0.39, 0.29) is 31.0 Å². The summed E-state index contributed by atoms with van der Waals surface area (Å²) in [5.41, 5.74) is 3.82. The summed E-state index contributed by atoms with van der Waals surface area (Å²) < 4.78 is 63.2. The smallest absolute Gasteiger partial charge is 0.410 e. The standard InChI is InChI=1S/C58H85F2N7O6Si2/c1-56(2,3)38-20-22-39(23-21-38)67-46(40-32-44-50(34-42(40)59)65(36-70-28-30-74(10,11)12)52(61-44)48-18-16-26-63(48)54(68)72-57(4,5)6)24-25-47(67)41-33-45-51(35-43(41)60)66(37-71-29-31-75(13,14)15)53(62-45)49-19-17-27-64(49)55(69)73-58(7,8)9/h20-23,32-35,46-49H,16-19,24-31,36-37H2,1-15H3/t46-,47-,48+,49?/m1/s1. The van der Waals surface area contributed by atoms with Gasteiger partial charge in [-0.15, -0.1) is 0 Å². The highest BCUT2D eigenvalue weighted by Gasteiger charge is 2.42. The van der Waals surface area contributed by atoms with E-state index in [9.17, 15) is 9.59 Å². The number of hydrogen-bond acceptors (Lipinski definition) is 9. The Morgan fingerprint density at radius 3 is 1.35 bits per heavy atom. The molecule has 0 saturated carbocycles. The molecule has 3 aromatic carbocycles. The SMILES string of the molecule is CC(C)(C)OC(=O)N1CCCC1c1nc2cc([C@H]3CC[C@H](c4cc5nc([C@@H]6CCCN6C(=O)OC(C)(C)C)n(COCC[Si](C)(C)C)c5cc4F)N3c3ccc(C(C)(C)C)cc3)c(F)cc2n1COCC[Si](C)(C)C. The molecule has 5 aromatic rings. The largest absolute Gasteiger partial charge is 0.444 e. The molecule has 8 rings (SSSR count). The molecule has 5 heterocycles. The van der Waals surface area contributed by atoms with E-state index in [1.165, 1.54) is 0 Å². The van der Waals surface area contributed by atoms with E-state index in [0.29, 0.717) is 96.8 Å². The van der Waals surface area contributed by atoms with Crippen molar-refractivity contribution in [2.24, 2.45) is 0 Å². The number of rotatable bonds is 15. The molecule has 13 nitrogen and oxygen atoms in total. The monoisotopic (exact) mass is 1070 g/mol. The first-order valence-corrected chi connectivity index (χ1v) is 34.8. The van der Waals surface area contributed by atoms with Crippen molar-refractivity contribution in [3.05, 3.63) is 88.5 Å². The topological polar surface area (TPSA) is 116 Å². The van der Waals surface area contributed by atoms with Crippen molar-refractivity contribution in [1.29, 1.82) is 0 Å². The number of nitrogens with zero attached hydrogens (tertiary/aromatic N) is 7. The summed E-state index contributed by atoms with van der Waals surface area (Å²) in [5.74, 6) is 0.488. The Bertz CT molecular complexity index is 2690. The minimum absolute atomic E-state index is 0.114. The molecule has 17 heteroatoms. The molecular formula is C58H85F2N7O6Si2. The van der Waals surface area contributed by atoms with Crippen LogP contribution in [0, 0.1) is 11.6 Å². The molecule has 75 heavy (non-hydrogen) atoms. The average Bonchev–Trinajstić information content (AvgIpc) is 4.14. The van der Waals surface area contributed by atoms with Gasteiger partial charge in [-0.25, -0.2) is 28.3 Å². The number of benzene rings is 3. The van der Waals surface area contributed by atoms with Gasteiger partial charge >= 0.3 is 12.2 Å². The van der Waals surface area contributed by atoms with E-state index >= 15 is 8.78 Å². The number of halogens is 2. The van der Waals surface area contributed by atoms with Crippen molar-refractivity contribution in [3.8, 4) is 0 Å². The zero-order valence-corrected chi connectivity index (χ0v) is 49.7. The van der Waals surface area contributed by atoms with Crippen LogP contribution in [0.25, 0.3) is 22.1 Å². The van der Waals surface area contributed by atoms with Gasteiger partial charge in [-0.2, -0.15) is 0 Å². The summed E-state index contributed by atoms with van der Waals surface area (Å²) in [6.07, 6.45) is 3.17. The number of carbonyl (C=O) groups excluding carboxylic acids is 2. The molecule has 0 N–H and O–H groups in total. The third kappa shape index (κ3) is 13.1. The van der Waals surface area contributed by atoms with E-state index in [1.807, 2.05) is 62.8 Å². The second kappa shape index (κ2) is 21.5. The first kappa shape index (κ1) is 56.4. The van der Waals surface area contributed by atoms with Crippen LogP contribution < -0.4 is 4.90 Å². The minimum Gasteiger partial charge on any atom is -0.444 e.